The van der Waals surface area contributed by atoms with E-state index >= 15 is 0 Å². The van der Waals surface area contributed by atoms with Crippen molar-refractivity contribution in [3.05, 3.63) is 9.88 Å². The first-order valence-corrected chi connectivity index (χ1v) is 7.75. The number of nitrogens with zero attached hydrogens (tertiary/aromatic N) is 2. The van der Waals surface area contributed by atoms with E-state index in [9.17, 15) is 9.90 Å². The molecule has 1 aromatic rings. The van der Waals surface area contributed by atoms with Crippen LogP contribution >= 0.6 is 11.3 Å². The van der Waals surface area contributed by atoms with Crippen LogP contribution in [0.5, 0.6) is 5.88 Å². The summed E-state index contributed by atoms with van der Waals surface area (Å²) in [7, 11) is 0. The van der Waals surface area contributed by atoms with E-state index in [1.165, 1.54) is 0 Å². The van der Waals surface area contributed by atoms with Crippen LogP contribution in [0.15, 0.2) is 0 Å². The number of aromatic carboxylic acids is 1. The molecule has 1 aliphatic rings. The Bertz CT molecular complexity index is 504. The summed E-state index contributed by atoms with van der Waals surface area (Å²) in [5, 5.41) is 11.8. The number of rotatable bonds is 4. The second-order valence-corrected chi connectivity index (χ2v) is 6.98. The number of hydrogen-bond acceptors (Lipinski definition) is 6. The summed E-state index contributed by atoms with van der Waals surface area (Å²) < 4.78 is 5.85. The second kappa shape index (κ2) is 7.15. The van der Waals surface area contributed by atoms with Crippen LogP contribution in [-0.2, 0) is 0 Å². The zero-order valence-corrected chi connectivity index (χ0v) is 14.2. The molecule has 21 heavy (non-hydrogen) atoms. The smallest absolute Gasteiger partial charge is 0.544 e. The van der Waals surface area contributed by atoms with Crippen LogP contribution in [0.2, 0.25) is 0 Å². The third kappa shape index (κ3) is 4.23. The minimum absolute atomic E-state index is 0. The van der Waals surface area contributed by atoms with Gasteiger partial charge in [0, 0.05) is 18.5 Å². The molecule has 112 valence electrons. The van der Waals surface area contributed by atoms with Gasteiger partial charge >= 0.3 is 18.9 Å². The van der Waals surface area contributed by atoms with Crippen LogP contribution in [-0.4, -0.2) is 40.6 Å². The van der Waals surface area contributed by atoms with Crippen LogP contribution in [0, 0.1) is 6.92 Å². The van der Waals surface area contributed by atoms with Gasteiger partial charge in [-0.1, -0.05) is 6.92 Å². The molecular formula is C14H21LiN2O3S. The van der Waals surface area contributed by atoms with E-state index in [4.69, 9.17) is 4.74 Å². The molecule has 7 heteroatoms. The topological polar surface area (TPSA) is 65.5 Å². The maximum Gasteiger partial charge on any atom is 1.00 e. The zero-order valence-electron chi connectivity index (χ0n) is 13.4. The number of piperidine rings is 1. The average Bonchev–Trinajstić information content (AvgIpc) is 2.69. The average molecular weight is 304 g/mol. The van der Waals surface area contributed by atoms with Gasteiger partial charge in [0.15, 0.2) is 0 Å². The zero-order chi connectivity index (χ0) is 14.9. The van der Waals surface area contributed by atoms with Crippen molar-refractivity contribution in [1.29, 1.82) is 0 Å². The molecule has 0 aliphatic carbocycles. The number of aromatic nitrogens is 1. The summed E-state index contributed by atoms with van der Waals surface area (Å²) in [6, 6.07) is 0. The Balaban J connectivity index is 0.00000220. The van der Waals surface area contributed by atoms with Crippen LogP contribution < -0.4 is 28.7 Å². The van der Waals surface area contributed by atoms with Crippen LogP contribution in [0.4, 0.5) is 0 Å². The van der Waals surface area contributed by atoms with Gasteiger partial charge in [-0.2, -0.15) is 0 Å². The first-order chi connectivity index (χ1) is 9.33. The summed E-state index contributed by atoms with van der Waals surface area (Å²) in [5.74, 6) is -0.992. The number of ether oxygens (including phenoxy) is 1. The van der Waals surface area contributed by atoms with E-state index in [1.807, 2.05) is 0 Å². The van der Waals surface area contributed by atoms with Crippen LogP contribution in [0.1, 0.15) is 48.3 Å². The Kier molecular flexibility index (Phi) is 6.30. The molecule has 0 aromatic carbocycles. The maximum atomic E-state index is 11.1. The molecule has 1 aliphatic heterocycles. The normalized spacial score (nSPS) is 21.6. The minimum Gasteiger partial charge on any atom is -0.544 e. The van der Waals surface area contributed by atoms with Crippen molar-refractivity contribution in [3.8, 4) is 5.88 Å². The van der Waals surface area contributed by atoms with Crippen molar-refractivity contribution in [3.63, 3.8) is 0 Å². The third-order valence-corrected chi connectivity index (χ3v) is 4.78. The number of aryl methyl sites for hydroxylation is 1. The van der Waals surface area contributed by atoms with Gasteiger partial charge in [-0.25, -0.2) is 4.98 Å². The molecule has 1 aromatic heterocycles. The molecule has 0 bridgehead atoms. The van der Waals surface area contributed by atoms with Crippen molar-refractivity contribution in [2.24, 2.45) is 0 Å². The summed E-state index contributed by atoms with van der Waals surface area (Å²) in [4.78, 5) is 17.8. The van der Waals surface area contributed by atoms with Crippen molar-refractivity contribution >= 4 is 17.3 Å². The molecule has 0 N–H and O–H groups in total. The van der Waals surface area contributed by atoms with Gasteiger partial charge in [0.2, 0.25) is 5.88 Å². The van der Waals surface area contributed by atoms with Crippen molar-refractivity contribution < 1.29 is 33.5 Å². The molecule has 1 fully saturated rings. The largest absolute Gasteiger partial charge is 1.00 e. The Morgan fingerprint density at radius 2 is 2.24 bits per heavy atom. The quantitative estimate of drug-likeness (QED) is 0.631. The monoisotopic (exact) mass is 304 g/mol. The van der Waals surface area contributed by atoms with Crippen molar-refractivity contribution in [1.82, 2.24) is 9.88 Å². The van der Waals surface area contributed by atoms with Gasteiger partial charge in [0.05, 0.1) is 11.0 Å². The molecule has 5 nitrogen and oxygen atoms in total. The number of carboxylic acids is 1. The Morgan fingerprint density at radius 1 is 1.57 bits per heavy atom. The molecule has 1 atom stereocenters. The Labute approximate surface area is 141 Å². The number of hydrogen-bond donors (Lipinski definition) is 0. The van der Waals surface area contributed by atoms with Gasteiger partial charge in [0.1, 0.15) is 11.0 Å². The summed E-state index contributed by atoms with van der Waals surface area (Å²) in [6.45, 7) is 10.3. The van der Waals surface area contributed by atoms with E-state index in [2.05, 4.69) is 30.7 Å². The first-order valence-electron chi connectivity index (χ1n) is 6.94. The van der Waals surface area contributed by atoms with Crippen LogP contribution in [0.25, 0.3) is 0 Å². The van der Waals surface area contributed by atoms with Gasteiger partial charge in [0.25, 0.3) is 0 Å². The summed E-state index contributed by atoms with van der Waals surface area (Å²) in [5.41, 5.74) is 0.0599. The first kappa shape index (κ1) is 18.5. The second-order valence-electron chi connectivity index (χ2n) is 5.78. The van der Waals surface area contributed by atoms with Crippen molar-refractivity contribution in [2.75, 3.05) is 13.1 Å². The fourth-order valence-corrected chi connectivity index (χ4v) is 3.54. The summed E-state index contributed by atoms with van der Waals surface area (Å²) in [6.07, 6.45) is 1.76. The SMILES string of the molecule is CCN1CCC(Oc2nc(C)sc2C(=O)[O-])CC1(C)C.[Li+]. The van der Waals surface area contributed by atoms with E-state index in [1.54, 1.807) is 6.92 Å². The molecule has 0 saturated carbocycles. The number of carbonyl (C=O) groups is 1. The fourth-order valence-electron chi connectivity index (χ4n) is 2.85. The van der Waals surface area contributed by atoms with Gasteiger partial charge in [-0.05, 0) is 33.7 Å². The summed E-state index contributed by atoms with van der Waals surface area (Å²) >= 11 is 1.11. The van der Waals surface area contributed by atoms with E-state index in [-0.39, 0.29) is 41.3 Å². The Morgan fingerprint density at radius 3 is 2.76 bits per heavy atom. The molecule has 0 spiro atoms. The predicted molar refractivity (Wildman–Crippen MR) is 76.2 cm³/mol. The molecule has 0 amide bonds. The van der Waals surface area contributed by atoms with Gasteiger partial charge < -0.3 is 14.6 Å². The Hall–Kier alpha value is -0.543. The van der Waals surface area contributed by atoms with Gasteiger partial charge in [-0.15, -0.1) is 11.3 Å². The number of thiazole rings is 1. The van der Waals surface area contributed by atoms with Crippen molar-refractivity contribution in [2.45, 2.75) is 52.2 Å². The molecular weight excluding hydrogens is 283 g/mol. The number of likely N-dealkylation sites (tertiary alicyclic amines) is 1. The third-order valence-electron chi connectivity index (χ3n) is 3.85. The molecule has 2 rings (SSSR count). The maximum absolute atomic E-state index is 11.1. The predicted octanol–water partition coefficient (Wildman–Crippen LogP) is -1.54. The number of carboxylic acid groups (broad SMARTS) is 1. The minimum atomic E-state index is -1.21. The molecule has 1 saturated heterocycles. The molecule has 2 heterocycles. The number of carbonyl (C=O) groups excluding carboxylic acids is 1. The fraction of sp³-hybridized carbons (Fsp3) is 0.714. The van der Waals surface area contributed by atoms with E-state index in [0.29, 0.717) is 5.01 Å². The van der Waals surface area contributed by atoms with E-state index in [0.717, 1.165) is 37.3 Å². The van der Waals surface area contributed by atoms with Crippen LogP contribution in [0.3, 0.4) is 0 Å². The van der Waals surface area contributed by atoms with E-state index < -0.39 is 5.97 Å². The van der Waals surface area contributed by atoms with Gasteiger partial charge in [-0.3, -0.25) is 4.90 Å². The molecule has 1 unspecified atom stereocenters. The molecule has 0 radical (unpaired) electrons. The standard InChI is InChI=1S/C14H22N2O3S.Li/c1-5-16-7-6-10(8-14(16,3)4)19-12-11(13(17)18)20-9(2)15-12;/h10H,5-8H2,1-4H3,(H,17,18);/q;+1/p-1.